The van der Waals surface area contributed by atoms with Crippen molar-refractivity contribution in [2.75, 3.05) is 0 Å². The summed E-state index contributed by atoms with van der Waals surface area (Å²) in [5.74, 6) is 2.18. The lowest BCUT2D eigenvalue weighted by molar-refractivity contribution is 0.661. The third kappa shape index (κ3) is 5.87. The van der Waals surface area contributed by atoms with E-state index in [9.17, 15) is 0 Å². The van der Waals surface area contributed by atoms with E-state index >= 15 is 0 Å². The first-order valence-electron chi connectivity index (χ1n) is 22.7. The number of hydrogen-bond acceptors (Lipinski definition) is 3. The van der Waals surface area contributed by atoms with Gasteiger partial charge in [-0.15, -0.1) is 0 Å². The zero-order valence-electron chi connectivity index (χ0n) is 36.5. The van der Waals surface area contributed by atoms with Crippen LogP contribution in [-0.2, 0) is 11.8 Å². The summed E-state index contributed by atoms with van der Waals surface area (Å²) in [5, 5.41) is 8.47. The Kier molecular flexibility index (Phi) is 8.26. The molecule has 0 saturated heterocycles. The molecule has 0 bridgehead atoms. The summed E-state index contributed by atoms with van der Waals surface area (Å²) in [6.07, 6.45) is 3.39. The number of aromatic nitrogens is 4. The first kappa shape index (κ1) is 37.6. The van der Waals surface area contributed by atoms with E-state index in [1.54, 1.807) is 0 Å². The van der Waals surface area contributed by atoms with Crippen LogP contribution in [0.3, 0.4) is 0 Å². The minimum Gasteiger partial charge on any atom is -0.277 e. The Hall–Kier alpha value is -7.95. The van der Waals surface area contributed by atoms with Gasteiger partial charge in [0.25, 0.3) is 0 Å². The third-order valence-corrected chi connectivity index (χ3v) is 14.1. The SMILES string of the molecule is CC1C=C(c2ccc3c(c2)-c2c(ccc4ccccc24)C3(C)C)c2c(c3ccc4ccccc4c3n2-c2nc(-c3ccc(-c4ccccc4)cc3)nc(-c3ccc4ccccc4c3)n2)C1. The Morgan fingerprint density at radius 3 is 1.86 bits per heavy atom. The maximum atomic E-state index is 5.51. The van der Waals surface area contributed by atoms with Crippen LogP contribution in [0.15, 0.2) is 194 Å². The van der Waals surface area contributed by atoms with Gasteiger partial charge in [-0.1, -0.05) is 203 Å². The van der Waals surface area contributed by atoms with Gasteiger partial charge in [0.1, 0.15) is 0 Å². The van der Waals surface area contributed by atoms with Gasteiger partial charge in [0, 0.05) is 32.9 Å². The van der Waals surface area contributed by atoms with Crippen LogP contribution in [0.5, 0.6) is 0 Å². The van der Waals surface area contributed by atoms with Crippen molar-refractivity contribution in [2.45, 2.75) is 32.6 Å². The first-order chi connectivity index (χ1) is 31.9. The monoisotopic (exact) mass is 832 g/mol. The Morgan fingerprint density at radius 1 is 0.477 bits per heavy atom. The smallest absolute Gasteiger partial charge is 0.238 e. The molecule has 0 saturated carbocycles. The molecule has 0 N–H and O–H groups in total. The minimum atomic E-state index is -0.125. The van der Waals surface area contributed by atoms with Gasteiger partial charge >= 0.3 is 0 Å². The fourth-order valence-electron chi connectivity index (χ4n) is 11.0. The lowest BCUT2D eigenvalue weighted by Gasteiger charge is -2.24. The molecule has 0 aliphatic heterocycles. The van der Waals surface area contributed by atoms with Gasteiger partial charge in [-0.2, -0.15) is 9.97 Å². The molecule has 1 unspecified atom stereocenters. The van der Waals surface area contributed by atoms with E-state index in [4.69, 9.17) is 15.0 Å². The van der Waals surface area contributed by atoms with Crippen LogP contribution in [0.4, 0.5) is 0 Å². The first-order valence-corrected chi connectivity index (χ1v) is 22.7. The molecular weight excluding hydrogens is 789 g/mol. The number of nitrogens with zero attached hydrogens (tertiary/aromatic N) is 4. The van der Waals surface area contributed by atoms with Crippen LogP contribution in [0.25, 0.3) is 99.8 Å². The van der Waals surface area contributed by atoms with Crippen LogP contribution in [0, 0.1) is 5.92 Å². The van der Waals surface area contributed by atoms with Crippen molar-refractivity contribution in [1.82, 2.24) is 19.5 Å². The molecule has 9 aromatic carbocycles. The molecule has 2 aliphatic rings. The maximum absolute atomic E-state index is 5.51. The summed E-state index contributed by atoms with van der Waals surface area (Å²) in [6.45, 7) is 7.09. The number of rotatable bonds is 5. The lowest BCUT2D eigenvalue weighted by Crippen LogP contribution is -2.15. The van der Waals surface area contributed by atoms with Crippen molar-refractivity contribution in [3.05, 3.63) is 222 Å². The van der Waals surface area contributed by atoms with E-state index in [-0.39, 0.29) is 5.41 Å². The minimum absolute atomic E-state index is 0.125. The van der Waals surface area contributed by atoms with Gasteiger partial charge in [0.2, 0.25) is 5.95 Å². The molecule has 4 heteroatoms. The molecule has 0 radical (unpaired) electrons. The molecule has 65 heavy (non-hydrogen) atoms. The second kappa shape index (κ2) is 14.3. The van der Waals surface area contributed by atoms with Gasteiger partial charge in [-0.3, -0.25) is 4.57 Å². The second-order valence-electron chi connectivity index (χ2n) is 18.5. The van der Waals surface area contributed by atoms with E-state index in [2.05, 4.69) is 219 Å². The Morgan fingerprint density at radius 2 is 1.06 bits per heavy atom. The number of hydrogen-bond donors (Lipinski definition) is 0. The molecule has 11 aromatic rings. The Labute approximate surface area is 378 Å². The summed E-state index contributed by atoms with van der Waals surface area (Å²) in [7, 11) is 0. The molecule has 13 rings (SSSR count). The average molecular weight is 833 g/mol. The topological polar surface area (TPSA) is 43.6 Å². The summed E-state index contributed by atoms with van der Waals surface area (Å²) >= 11 is 0. The number of fused-ring (bicyclic) bond motifs is 11. The maximum Gasteiger partial charge on any atom is 0.238 e. The van der Waals surface area contributed by atoms with Crippen molar-refractivity contribution in [3.63, 3.8) is 0 Å². The molecule has 1 atom stereocenters. The highest BCUT2D eigenvalue weighted by atomic mass is 15.2. The Bertz CT molecular complexity index is 3780. The van der Waals surface area contributed by atoms with Gasteiger partial charge in [0.15, 0.2) is 11.6 Å². The van der Waals surface area contributed by atoms with Gasteiger partial charge in [-0.25, -0.2) is 4.98 Å². The quantitative estimate of drug-likeness (QED) is 0.173. The van der Waals surface area contributed by atoms with Crippen LogP contribution in [-0.4, -0.2) is 19.5 Å². The largest absolute Gasteiger partial charge is 0.277 e. The predicted molar refractivity (Wildman–Crippen MR) is 269 cm³/mol. The van der Waals surface area contributed by atoms with Gasteiger partial charge in [-0.05, 0) is 95.9 Å². The zero-order chi connectivity index (χ0) is 43.4. The highest BCUT2D eigenvalue weighted by molar-refractivity contribution is 6.11. The van der Waals surface area contributed by atoms with Crippen molar-refractivity contribution >= 4 is 48.8 Å². The molecule has 0 fully saturated rings. The van der Waals surface area contributed by atoms with Crippen molar-refractivity contribution < 1.29 is 0 Å². The van der Waals surface area contributed by atoms with Crippen LogP contribution < -0.4 is 0 Å². The molecule has 0 amide bonds. The average Bonchev–Trinajstić information content (AvgIpc) is 3.81. The highest BCUT2D eigenvalue weighted by Crippen LogP contribution is 2.53. The molecule has 308 valence electrons. The zero-order valence-corrected chi connectivity index (χ0v) is 36.5. The fourth-order valence-corrected chi connectivity index (χ4v) is 11.0. The summed E-state index contributed by atoms with van der Waals surface area (Å²) in [5.41, 5.74) is 15.5. The van der Waals surface area contributed by atoms with E-state index in [0.717, 1.165) is 39.7 Å². The lowest BCUT2D eigenvalue weighted by atomic mass is 9.81. The number of allylic oxidation sites excluding steroid dienone is 1. The van der Waals surface area contributed by atoms with Crippen molar-refractivity contribution in [1.29, 1.82) is 0 Å². The normalized spacial score (nSPS) is 15.0. The van der Waals surface area contributed by atoms with E-state index in [1.807, 2.05) is 0 Å². The molecule has 4 nitrogen and oxygen atoms in total. The summed E-state index contributed by atoms with van der Waals surface area (Å²) in [6, 6.07) is 68.1. The molecule has 2 heterocycles. The van der Waals surface area contributed by atoms with Crippen LogP contribution in [0.2, 0.25) is 0 Å². The van der Waals surface area contributed by atoms with Crippen molar-refractivity contribution in [2.24, 2.45) is 5.92 Å². The standard InChI is InChI=1S/C61H44N4/c1-37-33-50(45-29-31-53-52(36-45)55-47-19-11-9-16-41(47)28-32-54(55)61(53,2)3)57-51(34-37)49-30-27-42-17-10-12-20-48(42)56(49)65(57)60-63-58(43-24-21-40(22-25-43)38-13-5-4-6-14-38)62-59(64-60)46-26-23-39-15-7-8-18-44(39)35-46/h4-33,35-37H,34H2,1-3H3. The highest BCUT2D eigenvalue weighted by Gasteiger charge is 2.37. The summed E-state index contributed by atoms with van der Waals surface area (Å²) in [4.78, 5) is 16.3. The van der Waals surface area contributed by atoms with E-state index < -0.39 is 0 Å². The van der Waals surface area contributed by atoms with Crippen LogP contribution in [0.1, 0.15) is 48.7 Å². The molecule has 0 spiro atoms. The Balaban J connectivity index is 1.08. The third-order valence-electron chi connectivity index (χ3n) is 14.1. The van der Waals surface area contributed by atoms with E-state index in [1.165, 1.54) is 76.8 Å². The predicted octanol–water partition coefficient (Wildman–Crippen LogP) is 15.2. The van der Waals surface area contributed by atoms with Gasteiger partial charge < -0.3 is 0 Å². The van der Waals surface area contributed by atoms with E-state index in [0.29, 0.717) is 23.5 Å². The molecular formula is C61H44N4. The number of benzene rings is 9. The molecule has 2 aromatic heterocycles. The van der Waals surface area contributed by atoms with Crippen LogP contribution >= 0.6 is 0 Å². The van der Waals surface area contributed by atoms with Crippen molar-refractivity contribution in [3.8, 4) is 51.0 Å². The molecule has 2 aliphatic carbocycles. The second-order valence-corrected chi connectivity index (χ2v) is 18.5. The fraction of sp³-hybridized carbons (Fsp3) is 0.0984. The van der Waals surface area contributed by atoms with Gasteiger partial charge in [0.05, 0.1) is 11.2 Å². The summed E-state index contributed by atoms with van der Waals surface area (Å²) < 4.78 is 2.37.